The molecule has 0 radical (unpaired) electrons. The van der Waals surface area contributed by atoms with Crippen molar-refractivity contribution in [2.45, 2.75) is 0 Å². The molecule has 0 heterocycles. The normalized spacial score (nSPS) is 9.50. The number of carbonyl (C=O) groups is 1. The highest BCUT2D eigenvalue weighted by Crippen LogP contribution is 2.27. The van der Waals surface area contributed by atoms with E-state index in [1.165, 1.54) is 0 Å². The molecule has 0 fully saturated rings. The summed E-state index contributed by atoms with van der Waals surface area (Å²) in [5.41, 5.74) is 4.94. The van der Waals surface area contributed by atoms with Crippen molar-refractivity contribution in [3.05, 3.63) is 40.3 Å². The molecular formula is C12H13BrClN3O2S. The van der Waals surface area contributed by atoms with Crippen LogP contribution in [0.25, 0.3) is 0 Å². The molecule has 1 aromatic carbocycles. The predicted octanol–water partition coefficient (Wildman–Crippen LogP) is 2.16. The summed E-state index contributed by atoms with van der Waals surface area (Å²) < 4.78 is 6.00. The first-order valence-corrected chi connectivity index (χ1v) is 7.12. The fraction of sp³-hybridized carbons (Fsp3) is 0.167. The lowest BCUT2D eigenvalue weighted by Crippen LogP contribution is -2.48. The van der Waals surface area contributed by atoms with Crippen molar-refractivity contribution in [3.63, 3.8) is 0 Å². The van der Waals surface area contributed by atoms with Gasteiger partial charge in [-0.15, -0.1) is 6.58 Å². The van der Waals surface area contributed by atoms with Gasteiger partial charge in [-0.25, -0.2) is 0 Å². The van der Waals surface area contributed by atoms with E-state index in [1.54, 1.807) is 24.3 Å². The molecule has 20 heavy (non-hydrogen) atoms. The van der Waals surface area contributed by atoms with Crippen LogP contribution >= 0.6 is 39.7 Å². The lowest BCUT2D eigenvalue weighted by atomic mass is 10.3. The molecule has 1 rings (SSSR count). The lowest BCUT2D eigenvalue weighted by molar-refractivity contribution is -0.123. The van der Waals surface area contributed by atoms with Crippen molar-refractivity contribution in [3.8, 4) is 5.75 Å². The van der Waals surface area contributed by atoms with Crippen LogP contribution in [0.3, 0.4) is 0 Å². The van der Waals surface area contributed by atoms with E-state index in [0.29, 0.717) is 26.9 Å². The Morgan fingerprint density at radius 3 is 2.90 bits per heavy atom. The fourth-order valence-corrected chi connectivity index (χ4v) is 2.04. The Labute approximate surface area is 135 Å². The highest BCUT2D eigenvalue weighted by atomic mass is 79.9. The van der Waals surface area contributed by atoms with Crippen molar-refractivity contribution in [2.75, 3.05) is 13.2 Å². The summed E-state index contributed by atoms with van der Waals surface area (Å²) in [5, 5.41) is 3.68. The number of nitrogens with one attached hydrogen (secondary N) is 3. The Kier molecular flexibility index (Phi) is 7.35. The number of hydrogen-bond acceptors (Lipinski definition) is 3. The van der Waals surface area contributed by atoms with E-state index in [2.05, 4.69) is 38.7 Å². The highest BCUT2D eigenvalue weighted by molar-refractivity contribution is 9.10. The van der Waals surface area contributed by atoms with Crippen LogP contribution in [0.15, 0.2) is 35.3 Å². The number of thiocarbonyl (C=S) groups is 1. The van der Waals surface area contributed by atoms with E-state index in [4.69, 9.17) is 28.6 Å². The maximum atomic E-state index is 11.5. The molecule has 0 spiro atoms. The van der Waals surface area contributed by atoms with E-state index in [1.807, 2.05) is 0 Å². The largest absolute Gasteiger partial charge is 0.483 e. The van der Waals surface area contributed by atoms with E-state index >= 15 is 0 Å². The van der Waals surface area contributed by atoms with Crippen LogP contribution in [0.5, 0.6) is 5.75 Å². The number of amides is 1. The van der Waals surface area contributed by atoms with Gasteiger partial charge in [0.25, 0.3) is 5.91 Å². The number of halogens is 2. The molecule has 108 valence electrons. The first kappa shape index (κ1) is 16.7. The summed E-state index contributed by atoms with van der Waals surface area (Å²) in [5.74, 6) is 0.159. The van der Waals surface area contributed by atoms with Crippen LogP contribution in [-0.4, -0.2) is 24.2 Å². The van der Waals surface area contributed by atoms with Gasteiger partial charge in [-0.05, 0) is 46.3 Å². The molecular weight excluding hydrogens is 366 g/mol. The lowest BCUT2D eigenvalue weighted by Gasteiger charge is -2.11. The third-order valence-corrected chi connectivity index (χ3v) is 3.08. The second-order valence-electron chi connectivity index (χ2n) is 3.54. The molecule has 1 amide bonds. The third-order valence-electron chi connectivity index (χ3n) is 1.98. The molecule has 3 N–H and O–H groups in total. The predicted molar refractivity (Wildman–Crippen MR) is 86.7 cm³/mol. The van der Waals surface area contributed by atoms with Crippen molar-refractivity contribution < 1.29 is 9.53 Å². The van der Waals surface area contributed by atoms with Gasteiger partial charge in [0.2, 0.25) is 0 Å². The summed E-state index contributed by atoms with van der Waals surface area (Å²) in [6.07, 6.45) is 1.65. The van der Waals surface area contributed by atoms with Crippen LogP contribution in [0.4, 0.5) is 0 Å². The molecule has 0 bridgehead atoms. The van der Waals surface area contributed by atoms with Gasteiger partial charge >= 0.3 is 0 Å². The van der Waals surface area contributed by atoms with Gasteiger partial charge < -0.3 is 10.1 Å². The Morgan fingerprint density at radius 2 is 2.25 bits per heavy atom. The average molecular weight is 379 g/mol. The molecule has 0 unspecified atom stereocenters. The minimum absolute atomic E-state index is 0.155. The van der Waals surface area contributed by atoms with Gasteiger partial charge in [-0.2, -0.15) is 0 Å². The van der Waals surface area contributed by atoms with Crippen LogP contribution < -0.4 is 20.9 Å². The number of ether oxygens (including phenoxy) is 1. The molecule has 0 aliphatic rings. The summed E-state index contributed by atoms with van der Waals surface area (Å²) in [7, 11) is 0. The molecule has 0 aliphatic carbocycles. The first-order valence-electron chi connectivity index (χ1n) is 5.54. The molecule has 0 saturated carbocycles. The van der Waals surface area contributed by atoms with Gasteiger partial charge in [0.15, 0.2) is 11.7 Å². The highest BCUT2D eigenvalue weighted by Gasteiger charge is 2.06. The summed E-state index contributed by atoms with van der Waals surface area (Å²) >= 11 is 14.0. The Morgan fingerprint density at radius 1 is 1.50 bits per heavy atom. The molecule has 0 aliphatic heterocycles. The van der Waals surface area contributed by atoms with Gasteiger partial charge in [-0.1, -0.05) is 17.7 Å². The average Bonchev–Trinajstić information content (AvgIpc) is 2.41. The van der Waals surface area contributed by atoms with E-state index in [-0.39, 0.29) is 12.5 Å². The topological polar surface area (TPSA) is 62.4 Å². The zero-order valence-corrected chi connectivity index (χ0v) is 13.6. The van der Waals surface area contributed by atoms with Crippen LogP contribution in [0.1, 0.15) is 0 Å². The number of carbonyl (C=O) groups excluding carboxylic acids is 1. The summed E-state index contributed by atoms with van der Waals surface area (Å²) in [6, 6.07) is 5.02. The van der Waals surface area contributed by atoms with E-state index < -0.39 is 0 Å². The molecule has 5 nitrogen and oxygen atoms in total. The van der Waals surface area contributed by atoms with Gasteiger partial charge in [0.1, 0.15) is 5.75 Å². The van der Waals surface area contributed by atoms with Crippen LogP contribution in [0, 0.1) is 0 Å². The Hall–Kier alpha value is -1.31. The Bertz CT molecular complexity index is 513. The quantitative estimate of drug-likeness (QED) is 0.416. The summed E-state index contributed by atoms with van der Waals surface area (Å²) in [4.78, 5) is 11.5. The monoisotopic (exact) mass is 377 g/mol. The van der Waals surface area contributed by atoms with Crippen molar-refractivity contribution in [1.82, 2.24) is 16.2 Å². The molecule has 0 saturated heterocycles. The van der Waals surface area contributed by atoms with Crippen molar-refractivity contribution >= 4 is 50.8 Å². The second kappa shape index (κ2) is 8.78. The number of benzene rings is 1. The van der Waals surface area contributed by atoms with E-state index in [9.17, 15) is 4.79 Å². The second-order valence-corrected chi connectivity index (χ2v) is 5.23. The van der Waals surface area contributed by atoms with Crippen molar-refractivity contribution in [2.24, 2.45) is 0 Å². The molecule has 1 aromatic rings. The zero-order chi connectivity index (χ0) is 15.0. The third kappa shape index (κ3) is 6.23. The van der Waals surface area contributed by atoms with Crippen LogP contribution in [0.2, 0.25) is 5.02 Å². The number of hydrazine groups is 1. The molecule has 8 heteroatoms. The molecule has 0 atom stereocenters. The zero-order valence-electron chi connectivity index (χ0n) is 10.4. The SMILES string of the molecule is C=CCNC(=S)NNC(=O)COc1ccc(Cl)cc1Br. The maximum absolute atomic E-state index is 11.5. The van der Waals surface area contributed by atoms with Crippen LogP contribution in [-0.2, 0) is 4.79 Å². The summed E-state index contributed by atoms with van der Waals surface area (Å²) in [6.45, 7) is 3.89. The first-order chi connectivity index (χ1) is 9.52. The van der Waals surface area contributed by atoms with Gasteiger partial charge in [0, 0.05) is 11.6 Å². The Balaban J connectivity index is 2.32. The number of hydrogen-bond donors (Lipinski definition) is 3. The maximum Gasteiger partial charge on any atom is 0.276 e. The van der Waals surface area contributed by atoms with E-state index in [0.717, 1.165) is 0 Å². The smallest absolute Gasteiger partial charge is 0.276 e. The standard InChI is InChI=1S/C12H13BrClN3O2S/c1-2-5-15-12(20)17-16-11(18)7-19-10-4-3-8(14)6-9(10)13/h2-4,6H,1,5,7H2,(H,16,18)(H2,15,17,20). The fourth-order valence-electron chi connectivity index (χ4n) is 1.11. The minimum atomic E-state index is -0.366. The minimum Gasteiger partial charge on any atom is -0.483 e. The van der Waals surface area contributed by atoms with Crippen molar-refractivity contribution in [1.29, 1.82) is 0 Å². The molecule has 0 aromatic heterocycles. The number of rotatable bonds is 5. The van der Waals surface area contributed by atoms with Gasteiger partial charge in [0.05, 0.1) is 4.47 Å². The van der Waals surface area contributed by atoms with Gasteiger partial charge in [-0.3, -0.25) is 15.6 Å².